The number of amides is 1. The van der Waals surface area contributed by atoms with E-state index in [1.807, 2.05) is 12.1 Å². The van der Waals surface area contributed by atoms with Crippen LogP contribution in [0, 0.1) is 0 Å². The zero-order valence-corrected chi connectivity index (χ0v) is 16.4. The summed E-state index contributed by atoms with van der Waals surface area (Å²) in [5.41, 5.74) is 2.04. The molecule has 1 aromatic heterocycles. The molecule has 0 aliphatic carbocycles. The SMILES string of the molecule is O=C(CSc1nnc(-c2cccc(Cl)c2)o1)c1cccc(N2CCCC2=O)c1. The molecule has 4 rings (SSSR count). The molecule has 1 aliphatic rings. The molecule has 3 aromatic rings. The first-order valence-electron chi connectivity index (χ1n) is 8.76. The van der Waals surface area contributed by atoms with Gasteiger partial charge in [0.15, 0.2) is 5.78 Å². The highest BCUT2D eigenvalue weighted by Gasteiger charge is 2.22. The molecule has 0 unspecified atom stereocenters. The first kappa shape index (κ1) is 18.7. The number of ketones is 1. The smallest absolute Gasteiger partial charge is 0.277 e. The van der Waals surface area contributed by atoms with Crippen molar-refractivity contribution in [2.45, 2.75) is 18.1 Å². The minimum atomic E-state index is -0.0685. The largest absolute Gasteiger partial charge is 0.411 e. The molecular weight excluding hydrogens is 398 g/mol. The van der Waals surface area contributed by atoms with Crippen LogP contribution in [0.4, 0.5) is 5.69 Å². The lowest BCUT2D eigenvalue weighted by atomic mass is 10.1. The molecular formula is C20H16ClN3O3S. The van der Waals surface area contributed by atoms with Crippen LogP contribution in [0.2, 0.25) is 5.02 Å². The molecule has 0 N–H and O–H groups in total. The van der Waals surface area contributed by atoms with Crippen LogP contribution in [0.5, 0.6) is 0 Å². The van der Waals surface area contributed by atoms with Crippen molar-refractivity contribution in [2.75, 3.05) is 17.2 Å². The molecule has 0 saturated carbocycles. The summed E-state index contributed by atoms with van der Waals surface area (Å²) in [6.45, 7) is 0.694. The first-order valence-corrected chi connectivity index (χ1v) is 10.1. The summed E-state index contributed by atoms with van der Waals surface area (Å²) in [5, 5.41) is 8.87. The van der Waals surface area contributed by atoms with Crippen molar-refractivity contribution in [3.8, 4) is 11.5 Å². The number of carbonyl (C=O) groups is 2. The van der Waals surface area contributed by atoms with Crippen LogP contribution in [0.3, 0.4) is 0 Å². The predicted octanol–water partition coefficient (Wildman–Crippen LogP) is 4.49. The van der Waals surface area contributed by atoms with Gasteiger partial charge < -0.3 is 9.32 Å². The summed E-state index contributed by atoms with van der Waals surface area (Å²) < 4.78 is 5.61. The van der Waals surface area contributed by atoms with Gasteiger partial charge in [0.05, 0.1) is 5.75 Å². The van der Waals surface area contributed by atoms with Crippen LogP contribution in [-0.2, 0) is 4.79 Å². The summed E-state index contributed by atoms with van der Waals surface area (Å²) in [5.74, 6) is 0.542. The molecule has 1 amide bonds. The second-order valence-corrected chi connectivity index (χ2v) is 7.66. The molecule has 2 aromatic carbocycles. The second-order valence-electron chi connectivity index (χ2n) is 6.29. The Balaban J connectivity index is 1.42. The van der Waals surface area contributed by atoms with Gasteiger partial charge in [0, 0.05) is 34.8 Å². The Morgan fingerprint density at radius 3 is 2.82 bits per heavy atom. The van der Waals surface area contributed by atoms with Gasteiger partial charge in [-0.3, -0.25) is 9.59 Å². The van der Waals surface area contributed by atoms with Crippen molar-refractivity contribution in [3.05, 3.63) is 59.1 Å². The van der Waals surface area contributed by atoms with Gasteiger partial charge in [0.2, 0.25) is 11.8 Å². The summed E-state index contributed by atoms with van der Waals surface area (Å²) >= 11 is 7.16. The lowest BCUT2D eigenvalue weighted by molar-refractivity contribution is -0.117. The molecule has 2 heterocycles. The molecule has 1 aliphatic heterocycles. The number of rotatable bonds is 6. The number of carbonyl (C=O) groups excluding carboxylic acids is 2. The van der Waals surface area contributed by atoms with E-state index in [9.17, 15) is 9.59 Å². The molecule has 0 radical (unpaired) electrons. The topological polar surface area (TPSA) is 76.3 Å². The second kappa shape index (κ2) is 8.16. The Morgan fingerprint density at radius 1 is 1.18 bits per heavy atom. The van der Waals surface area contributed by atoms with E-state index in [2.05, 4.69) is 10.2 Å². The van der Waals surface area contributed by atoms with Gasteiger partial charge >= 0.3 is 0 Å². The number of hydrogen-bond donors (Lipinski definition) is 0. The quantitative estimate of drug-likeness (QED) is 0.437. The molecule has 0 atom stereocenters. The van der Waals surface area contributed by atoms with E-state index in [0.29, 0.717) is 34.7 Å². The first-order chi connectivity index (χ1) is 13.6. The standard InChI is InChI=1S/C20H16ClN3O3S/c21-15-6-1-5-14(10-15)19-22-23-20(27-19)28-12-17(25)13-4-2-7-16(11-13)24-9-3-8-18(24)26/h1-2,4-7,10-11H,3,8-9,12H2. The van der Waals surface area contributed by atoms with Crippen molar-refractivity contribution < 1.29 is 14.0 Å². The van der Waals surface area contributed by atoms with Gasteiger partial charge in [0.1, 0.15) is 0 Å². The van der Waals surface area contributed by atoms with Crippen molar-refractivity contribution in [3.63, 3.8) is 0 Å². The molecule has 28 heavy (non-hydrogen) atoms. The molecule has 6 nitrogen and oxygen atoms in total. The minimum Gasteiger partial charge on any atom is -0.411 e. The fraction of sp³-hybridized carbons (Fsp3) is 0.200. The van der Waals surface area contributed by atoms with Crippen LogP contribution in [0.25, 0.3) is 11.5 Å². The highest BCUT2D eigenvalue weighted by atomic mass is 35.5. The number of nitrogens with zero attached hydrogens (tertiary/aromatic N) is 3. The van der Waals surface area contributed by atoms with E-state index in [4.69, 9.17) is 16.0 Å². The van der Waals surface area contributed by atoms with Crippen molar-refractivity contribution in [1.82, 2.24) is 10.2 Å². The van der Waals surface area contributed by atoms with Gasteiger partial charge in [0.25, 0.3) is 5.22 Å². The molecule has 142 valence electrons. The number of aromatic nitrogens is 2. The summed E-state index contributed by atoms with van der Waals surface area (Å²) in [6.07, 6.45) is 1.40. The minimum absolute atomic E-state index is 0.0685. The third-order valence-electron chi connectivity index (χ3n) is 4.36. The van der Waals surface area contributed by atoms with Crippen molar-refractivity contribution >= 4 is 40.7 Å². The third kappa shape index (κ3) is 4.10. The summed E-state index contributed by atoms with van der Waals surface area (Å²) in [7, 11) is 0. The summed E-state index contributed by atoms with van der Waals surface area (Å²) in [4.78, 5) is 26.2. The lowest BCUT2D eigenvalue weighted by Gasteiger charge is -2.16. The Kier molecular flexibility index (Phi) is 5.45. The number of hydrogen-bond acceptors (Lipinski definition) is 6. The predicted molar refractivity (Wildman–Crippen MR) is 108 cm³/mol. The zero-order chi connectivity index (χ0) is 19.5. The monoisotopic (exact) mass is 413 g/mol. The zero-order valence-electron chi connectivity index (χ0n) is 14.8. The van der Waals surface area contributed by atoms with Crippen LogP contribution in [0.1, 0.15) is 23.2 Å². The number of anilines is 1. The maximum atomic E-state index is 12.6. The Labute approximate surface area is 170 Å². The van der Waals surface area contributed by atoms with Gasteiger partial charge in [-0.25, -0.2) is 0 Å². The van der Waals surface area contributed by atoms with E-state index >= 15 is 0 Å². The maximum Gasteiger partial charge on any atom is 0.277 e. The van der Waals surface area contributed by atoms with Gasteiger partial charge in [-0.2, -0.15) is 0 Å². The highest BCUT2D eigenvalue weighted by Crippen LogP contribution is 2.26. The van der Waals surface area contributed by atoms with Gasteiger partial charge in [-0.1, -0.05) is 41.6 Å². The number of thioether (sulfide) groups is 1. The maximum absolute atomic E-state index is 12.6. The molecule has 1 saturated heterocycles. The number of Topliss-reactive ketones (excluding diaryl/α,β-unsaturated/α-hetero) is 1. The molecule has 8 heteroatoms. The van der Waals surface area contributed by atoms with Crippen LogP contribution >= 0.6 is 23.4 Å². The van der Waals surface area contributed by atoms with E-state index in [0.717, 1.165) is 17.7 Å². The molecule has 0 spiro atoms. The highest BCUT2D eigenvalue weighted by molar-refractivity contribution is 7.99. The normalized spacial score (nSPS) is 13.9. The van der Waals surface area contributed by atoms with Crippen LogP contribution < -0.4 is 4.90 Å². The number of benzene rings is 2. The van der Waals surface area contributed by atoms with E-state index in [1.165, 1.54) is 11.8 Å². The van der Waals surface area contributed by atoms with E-state index < -0.39 is 0 Å². The fourth-order valence-corrected chi connectivity index (χ4v) is 3.83. The average Bonchev–Trinajstić information content (AvgIpc) is 3.35. The molecule has 1 fully saturated rings. The van der Waals surface area contributed by atoms with Gasteiger partial charge in [-0.05, 0) is 36.8 Å². The van der Waals surface area contributed by atoms with Crippen LogP contribution in [-0.4, -0.2) is 34.2 Å². The van der Waals surface area contributed by atoms with E-state index in [-0.39, 0.29) is 17.4 Å². The van der Waals surface area contributed by atoms with Crippen LogP contribution in [0.15, 0.2) is 58.2 Å². The van der Waals surface area contributed by atoms with Gasteiger partial charge in [-0.15, -0.1) is 10.2 Å². The third-order valence-corrected chi connectivity index (χ3v) is 5.41. The van der Waals surface area contributed by atoms with Crippen molar-refractivity contribution in [1.29, 1.82) is 0 Å². The van der Waals surface area contributed by atoms with Crippen molar-refractivity contribution in [2.24, 2.45) is 0 Å². The molecule has 0 bridgehead atoms. The lowest BCUT2D eigenvalue weighted by Crippen LogP contribution is -2.23. The Hall–Kier alpha value is -2.64. The fourth-order valence-electron chi connectivity index (χ4n) is 2.99. The summed E-state index contributed by atoms with van der Waals surface area (Å²) in [6, 6.07) is 14.3. The Morgan fingerprint density at radius 2 is 2.04 bits per heavy atom. The number of halogens is 1. The average molecular weight is 414 g/mol. The van der Waals surface area contributed by atoms with E-state index in [1.54, 1.807) is 41.3 Å². The Bertz CT molecular complexity index is 1040.